The first-order valence-corrected chi connectivity index (χ1v) is 12.1. The van der Waals surface area contributed by atoms with Gasteiger partial charge in [-0.05, 0) is 60.6 Å². The SMILES string of the molecule is COc1cccc(-c2ccc(-c3nc4ccsc4c(=O)n3CCN3CCCCC3)cc2)c1. The molecule has 0 radical (unpaired) electrons. The lowest BCUT2D eigenvalue weighted by molar-refractivity contribution is 0.220. The third-order valence-electron chi connectivity index (χ3n) is 6.20. The molecule has 4 aromatic rings. The van der Waals surface area contributed by atoms with Gasteiger partial charge in [-0.1, -0.05) is 42.8 Å². The second-order valence-electron chi connectivity index (χ2n) is 8.24. The highest BCUT2D eigenvalue weighted by molar-refractivity contribution is 7.17. The van der Waals surface area contributed by atoms with Gasteiger partial charge in [0.15, 0.2) is 0 Å². The van der Waals surface area contributed by atoms with E-state index in [1.807, 2.05) is 34.2 Å². The Bertz CT molecular complexity index is 1270. The first kappa shape index (κ1) is 20.9. The number of benzene rings is 2. The van der Waals surface area contributed by atoms with Gasteiger partial charge in [0.05, 0.1) is 12.6 Å². The number of piperidine rings is 1. The number of hydrogen-bond donors (Lipinski definition) is 0. The number of nitrogens with zero attached hydrogens (tertiary/aromatic N) is 3. The maximum absolute atomic E-state index is 13.3. The molecular formula is C26H27N3O2S. The molecule has 32 heavy (non-hydrogen) atoms. The quantitative estimate of drug-likeness (QED) is 0.405. The summed E-state index contributed by atoms with van der Waals surface area (Å²) in [5, 5.41) is 1.95. The largest absolute Gasteiger partial charge is 0.497 e. The fourth-order valence-corrected chi connectivity index (χ4v) is 5.19. The molecule has 0 aliphatic carbocycles. The summed E-state index contributed by atoms with van der Waals surface area (Å²) in [6.07, 6.45) is 3.80. The molecule has 1 aliphatic heterocycles. The van der Waals surface area contributed by atoms with Crippen molar-refractivity contribution >= 4 is 21.6 Å². The zero-order valence-electron chi connectivity index (χ0n) is 18.3. The van der Waals surface area contributed by atoms with Crippen molar-refractivity contribution in [2.75, 3.05) is 26.7 Å². The van der Waals surface area contributed by atoms with Gasteiger partial charge >= 0.3 is 0 Å². The highest BCUT2D eigenvalue weighted by Gasteiger charge is 2.16. The van der Waals surface area contributed by atoms with Crippen molar-refractivity contribution < 1.29 is 4.74 Å². The van der Waals surface area contributed by atoms with E-state index in [-0.39, 0.29) is 5.56 Å². The number of aromatic nitrogens is 2. The molecule has 3 heterocycles. The molecule has 5 rings (SSSR count). The van der Waals surface area contributed by atoms with Gasteiger partial charge in [-0.25, -0.2) is 4.98 Å². The normalized spacial score (nSPS) is 14.7. The van der Waals surface area contributed by atoms with Crippen molar-refractivity contribution in [3.8, 4) is 28.3 Å². The first-order valence-electron chi connectivity index (χ1n) is 11.2. The van der Waals surface area contributed by atoms with E-state index in [0.29, 0.717) is 6.54 Å². The Morgan fingerprint density at radius 2 is 1.72 bits per heavy atom. The van der Waals surface area contributed by atoms with Crippen LogP contribution in [-0.4, -0.2) is 41.2 Å². The maximum atomic E-state index is 13.3. The van der Waals surface area contributed by atoms with E-state index in [4.69, 9.17) is 9.72 Å². The lowest BCUT2D eigenvalue weighted by Crippen LogP contribution is -2.35. The van der Waals surface area contributed by atoms with Crippen LogP contribution in [0.4, 0.5) is 0 Å². The minimum Gasteiger partial charge on any atom is -0.497 e. The molecule has 0 N–H and O–H groups in total. The number of fused-ring (bicyclic) bond motifs is 1. The molecule has 0 unspecified atom stereocenters. The summed E-state index contributed by atoms with van der Waals surface area (Å²) in [6, 6.07) is 18.3. The molecule has 2 aromatic heterocycles. The van der Waals surface area contributed by atoms with Gasteiger partial charge in [-0.3, -0.25) is 9.36 Å². The van der Waals surface area contributed by atoms with Crippen molar-refractivity contribution in [1.82, 2.24) is 14.5 Å². The van der Waals surface area contributed by atoms with Crippen LogP contribution in [0.1, 0.15) is 19.3 Å². The molecule has 164 valence electrons. The summed E-state index contributed by atoms with van der Waals surface area (Å²) in [4.78, 5) is 20.7. The Kier molecular flexibility index (Phi) is 6.06. The fourth-order valence-electron chi connectivity index (χ4n) is 4.41. The molecule has 0 saturated carbocycles. The van der Waals surface area contributed by atoms with Crippen LogP contribution in [0.25, 0.3) is 32.7 Å². The van der Waals surface area contributed by atoms with Crippen LogP contribution in [0, 0.1) is 0 Å². The third kappa shape index (κ3) is 4.20. The Morgan fingerprint density at radius 3 is 2.50 bits per heavy atom. The zero-order chi connectivity index (χ0) is 21.9. The molecule has 2 aromatic carbocycles. The predicted octanol–water partition coefficient (Wildman–Crippen LogP) is 5.29. The molecule has 1 fully saturated rings. The number of rotatable bonds is 6. The van der Waals surface area contributed by atoms with E-state index in [0.717, 1.165) is 58.1 Å². The number of hydrogen-bond acceptors (Lipinski definition) is 5. The monoisotopic (exact) mass is 445 g/mol. The molecule has 0 bridgehead atoms. The van der Waals surface area contributed by atoms with Crippen molar-refractivity contribution in [2.24, 2.45) is 0 Å². The van der Waals surface area contributed by atoms with Crippen LogP contribution in [0.3, 0.4) is 0 Å². The highest BCUT2D eigenvalue weighted by Crippen LogP contribution is 2.27. The molecule has 0 spiro atoms. The first-order chi connectivity index (χ1) is 15.7. The lowest BCUT2D eigenvalue weighted by Gasteiger charge is -2.27. The van der Waals surface area contributed by atoms with Gasteiger partial charge in [0.1, 0.15) is 16.3 Å². The summed E-state index contributed by atoms with van der Waals surface area (Å²) in [5.74, 6) is 1.58. The van der Waals surface area contributed by atoms with Gasteiger partial charge in [0.25, 0.3) is 5.56 Å². The van der Waals surface area contributed by atoms with Crippen LogP contribution >= 0.6 is 11.3 Å². The van der Waals surface area contributed by atoms with E-state index < -0.39 is 0 Å². The maximum Gasteiger partial charge on any atom is 0.271 e. The Labute approximate surface area is 191 Å². The molecule has 5 nitrogen and oxygen atoms in total. The minimum atomic E-state index is 0.0638. The Hall–Kier alpha value is -2.96. The summed E-state index contributed by atoms with van der Waals surface area (Å²) in [5.41, 5.74) is 4.00. The Morgan fingerprint density at radius 1 is 0.938 bits per heavy atom. The van der Waals surface area contributed by atoms with Crippen LogP contribution in [0.5, 0.6) is 5.75 Å². The number of thiophene rings is 1. The second kappa shape index (κ2) is 9.27. The van der Waals surface area contributed by atoms with E-state index in [9.17, 15) is 4.79 Å². The molecule has 0 amide bonds. The van der Waals surface area contributed by atoms with Crippen molar-refractivity contribution in [3.63, 3.8) is 0 Å². The Balaban J connectivity index is 1.50. The average Bonchev–Trinajstić information content (AvgIpc) is 3.33. The van der Waals surface area contributed by atoms with Crippen molar-refractivity contribution in [3.05, 3.63) is 70.3 Å². The van der Waals surface area contributed by atoms with Gasteiger partial charge < -0.3 is 9.64 Å². The van der Waals surface area contributed by atoms with Crippen LogP contribution < -0.4 is 10.3 Å². The topological polar surface area (TPSA) is 47.4 Å². The van der Waals surface area contributed by atoms with Crippen LogP contribution in [-0.2, 0) is 6.54 Å². The standard InChI is InChI=1S/C26H27N3O2S/c1-31-22-7-5-6-21(18-22)19-8-10-20(11-9-19)25-27-23-12-17-32-24(23)26(30)29(25)16-15-28-13-3-2-4-14-28/h5-12,17-18H,2-4,13-16H2,1H3. The summed E-state index contributed by atoms with van der Waals surface area (Å²) in [6.45, 7) is 3.78. The third-order valence-corrected chi connectivity index (χ3v) is 7.09. The summed E-state index contributed by atoms with van der Waals surface area (Å²) in [7, 11) is 1.68. The minimum absolute atomic E-state index is 0.0638. The zero-order valence-corrected chi connectivity index (χ0v) is 19.1. The molecular weight excluding hydrogens is 418 g/mol. The van der Waals surface area contributed by atoms with Gasteiger partial charge in [0, 0.05) is 18.7 Å². The van der Waals surface area contributed by atoms with E-state index in [1.54, 1.807) is 7.11 Å². The molecule has 6 heteroatoms. The summed E-state index contributed by atoms with van der Waals surface area (Å²) >= 11 is 1.48. The van der Waals surface area contributed by atoms with Crippen molar-refractivity contribution in [2.45, 2.75) is 25.8 Å². The highest BCUT2D eigenvalue weighted by atomic mass is 32.1. The summed E-state index contributed by atoms with van der Waals surface area (Å²) < 4.78 is 7.96. The van der Waals surface area contributed by atoms with Gasteiger partial charge in [0.2, 0.25) is 0 Å². The second-order valence-corrected chi connectivity index (χ2v) is 9.15. The van der Waals surface area contributed by atoms with E-state index >= 15 is 0 Å². The average molecular weight is 446 g/mol. The number of methoxy groups -OCH3 is 1. The fraction of sp³-hybridized carbons (Fsp3) is 0.308. The number of likely N-dealkylation sites (tertiary alicyclic amines) is 1. The smallest absolute Gasteiger partial charge is 0.271 e. The van der Waals surface area contributed by atoms with E-state index in [2.05, 4.69) is 35.2 Å². The predicted molar refractivity (Wildman–Crippen MR) is 132 cm³/mol. The number of ether oxygens (including phenoxy) is 1. The molecule has 1 saturated heterocycles. The molecule has 1 aliphatic rings. The van der Waals surface area contributed by atoms with Crippen LogP contribution in [0.15, 0.2) is 64.8 Å². The van der Waals surface area contributed by atoms with E-state index in [1.165, 1.54) is 30.6 Å². The lowest BCUT2D eigenvalue weighted by atomic mass is 10.0. The van der Waals surface area contributed by atoms with Crippen molar-refractivity contribution in [1.29, 1.82) is 0 Å². The van der Waals surface area contributed by atoms with Gasteiger partial charge in [-0.2, -0.15) is 0 Å². The van der Waals surface area contributed by atoms with Gasteiger partial charge in [-0.15, -0.1) is 11.3 Å². The molecule has 0 atom stereocenters. The van der Waals surface area contributed by atoms with Crippen LogP contribution in [0.2, 0.25) is 0 Å².